The van der Waals surface area contributed by atoms with Crippen molar-refractivity contribution in [1.82, 2.24) is 25.2 Å². The average Bonchev–Trinajstić information content (AvgIpc) is 3.16. The van der Waals surface area contributed by atoms with Gasteiger partial charge < -0.3 is 20.9 Å². The lowest BCUT2D eigenvalue weighted by Gasteiger charge is -2.36. The maximum absolute atomic E-state index is 12.9. The van der Waals surface area contributed by atoms with Crippen LogP contribution in [0.3, 0.4) is 0 Å². The number of hydrogen-bond donors (Lipinski definition) is 3. The topological polar surface area (TPSA) is 227 Å². The molecule has 3 amide bonds. The summed E-state index contributed by atoms with van der Waals surface area (Å²) in [5.41, 5.74) is 2.83. The molecule has 0 spiro atoms. The molecule has 71 heavy (non-hydrogen) atoms. The molecule has 6 N–H and O–H groups in total. The summed E-state index contributed by atoms with van der Waals surface area (Å²) < 4.78 is 63.0. The number of nitrogens with two attached hydrogens (primary N) is 1. The molecule has 0 bridgehead atoms. The van der Waals surface area contributed by atoms with Crippen LogP contribution in [-0.2, 0) is 62.9 Å². The van der Waals surface area contributed by atoms with E-state index in [4.69, 9.17) is 15.8 Å². The predicted molar refractivity (Wildman–Crippen MR) is 307 cm³/mol. The van der Waals surface area contributed by atoms with Gasteiger partial charge in [0.05, 0.1) is 14.7 Å². The molecule has 15 nitrogen and oxygen atoms in total. The molecule has 0 radical (unpaired) electrons. The summed E-state index contributed by atoms with van der Waals surface area (Å²) in [6.07, 6.45) is 0. The Labute approximate surface area is 438 Å². The van der Waals surface area contributed by atoms with E-state index in [2.05, 4.69) is 101 Å². The van der Waals surface area contributed by atoms with Crippen LogP contribution in [0, 0.1) is 0 Å². The highest BCUT2D eigenvalue weighted by molar-refractivity contribution is 8.16. The molecule has 0 aliphatic heterocycles. The molecular weight excluding hydrogens is 1030 g/mol. The number of hydrogen-bond acceptors (Lipinski definition) is 10. The van der Waals surface area contributed by atoms with Gasteiger partial charge in [0.25, 0.3) is 0 Å². The van der Waals surface area contributed by atoms with Crippen molar-refractivity contribution in [3.8, 4) is 0 Å². The zero-order chi connectivity index (χ0) is 54.2. The van der Waals surface area contributed by atoms with Crippen LogP contribution in [0.4, 0.5) is 0 Å². The van der Waals surface area contributed by atoms with E-state index in [9.17, 15) is 31.2 Å². The van der Waals surface area contributed by atoms with Crippen molar-refractivity contribution in [3.63, 3.8) is 0 Å². The van der Waals surface area contributed by atoms with Gasteiger partial charge in [-0.15, -0.1) is 0 Å². The summed E-state index contributed by atoms with van der Waals surface area (Å²) in [4.78, 5) is 39.9. The zero-order valence-corrected chi connectivity index (χ0v) is 52.2. The number of nitrogens with one attached hydrogen (secondary N) is 1. The highest BCUT2D eigenvalue weighted by Gasteiger charge is 2.40. The van der Waals surface area contributed by atoms with Gasteiger partial charge >= 0.3 is 0 Å². The first-order chi connectivity index (χ1) is 30.8. The minimum atomic E-state index is -3.53. The lowest BCUT2D eigenvalue weighted by molar-refractivity contribution is -0.128. The van der Waals surface area contributed by atoms with Gasteiger partial charge in [-0.25, -0.2) is 26.4 Å². The van der Waals surface area contributed by atoms with Crippen molar-refractivity contribution in [2.24, 2.45) is 13.2 Å². The number of nitrogens with zero attached hydrogens (tertiary/aromatic N) is 5. The standard InChI is InChI=1S/C16H27ClN2O2SSi.C16H29N3O2SSi.C16H28N2O3SSi.CH4.H3N/c2*1-13(20)19(5)12-14-8-10-15(11-9-14)22(17,21)18-23(6,7)16(2,3)4;1-13(19)18(5)12-14-8-10-15(11-9-14)22(20,21)17-23(6,7)16(2,3)4;;/h8-11H,12H2,1-7H3;8-11H,12H2,1-7H3,(H2,17,18,21);8-11,17H,12H2,1-7H3;1H4;1H3. The largest absolute Gasteiger partial charge is 0.344 e. The first kappa shape index (κ1) is 69.8. The average molecular weight is 1120 g/mol. The Bertz CT molecular complexity index is 2490. The summed E-state index contributed by atoms with van der Waals surface area (Å²) >= 11 is 0. The van der Waals surface area contributed by atoms with Gasteiger partial charge in [-0.05, 0) is 94.4 Å². The summed E-state index contributed by atoms with van der Waals surface area (Å²) in [5, 5.41) is 5.94. The number of sulfonamides is 1. The van der Waals surface area contributed by atoms with Crippen LogP contribution in [0.2, 0.25) is 54.4 Å². The maximum atomic E-state index is 12.9. The van der Waals surface area contributed by atoms with Crippen LogP contribution in [0.25, 0.3) is 0 Å². The van der Waals surface area contributed by atoms with Crippen molar-refractivity contribution in [2.45, 2.75) is 179 Å². The Balaban J connectivity index is 0. The van der Waals surface area contributed by atoms with Crippen LogP contribution < -0.4 is 15.7 Å². The predicted octanol–water partition coefficient (Wildman–Crippen LogP) is 11.8. The molecule has 3 aromatic rings. The van der Waals surface area contributed by atoms with E-state index >= 15 is 0 Å². The summed E-state index contributed by atoms with van der Waals surface area (Å²) in [7, 11) is -4.26. The fourth-order valence-electron chi connectivity index (χ4n) is 5.04. The summed E-state index contributed by atoms with van der Waals surface area (Å²) in [6, 6.07) is 21.1. The summed E-state index contributed by atoms with van der Waals surface area (Å²) in [6.45, 7) is 37.2. The van der Waals surface area contributed by atoms with Gasteiger partial charge in [0.2, 0.25) is 27.7 Å². The lowest BCUT2D eigenvalue weighted by Crippen LogP contribution is -2.54. The van der Waals surface area contributed by atoms with Gasteiger partial charge in [-0.2, -0.15) is 0 Å². The fourth-order valence-corrected chi connectivity index (χ4v) is 20.9. The first-order valence-electron chi connectivity index (χ1n) is 22.8. The highest BCUT2D eigenvalue weighted by Crippen LogP contribution is 2.40. The van der Waals surface area contributed by atoms with Crippen molar-refractivity contribution >= 4 is 82.0 Å². The number of rotatable bonds is 13. The Kier molecular flexibility index (Phi) is 25.9. The van der Waals surface area contributed by atoms with Crippen LogP contribution >= 0.6 is 10.7 Å². The molecule has 2 atom stereocenters. The summed E-state index contributed by atoms with van der Waals surface area (Å²) in [5.74, 6) is -0.0194. The van der Waals surface area contributed by atoms with E-state index in [1.165, 1.54) is 20.8 Å². The lowest BCUT2D eigenvalue weighted by atomic mass is 10.2. The molecule has 0 aliphatic carbocycles. The van der Waals surface area contributed by atoms with E-state index in [0.29, 0.717) is 29.4 Å². The second kappa shape index (κ2) is 26.3. The van der Waals surface area contributed by atoms with Gasteiger partial charge in [0, 0.05) is 72.2 Å². The third-order valence-electron chi connectivity index (χ3n) is 13.2. The van der Waals surface area contributed by atoms with Gasteiger partial charge in [-0.3, -0.25) is 22.4 Å². The van der Waals surface area contributed by atoms with Gasteiger partial charge in [0.1, 0.15) is 18.2 Å². The molecule has 0 heterocycles. The SMILES string of the molecule is C.CC(=O)N(C)Cc1ccc(S(=O)(=O)N[Si](C)(C)C(C)(C)C)cc1.CC(=O)N(C)Cc1ccc(S(=O)(Cl)=N[Si](C)(C)C(C)(C)C)cc1.CC(=O)N(C)Cc1ccc(S(N)(=O)=N[Si](C)(C)C(C)(C)C)cc1.N. The molecule has 3 rings (SSSR count). The van der Waals surface area contributed by atoms with Crippen LogP contribution in [0.1, 0.15) is 107 Å². The molecule has 22 heteroatoms. The molecule has 3 aromatic carbocycles. The van der Waals surface area contributed by atoms with Crippen LogP contribution in [0.15, 0.2) is 95.5 Å². The van der Waals surface area contributed by atoms with Gasteiger partial charge in [0.15, 0.2) is 25.4 Å². The maximum Gasteiger partial charge on any atom is 0.234 e. The minimum absolute atomic E-state index is 0. The van der Waals surface area contributed by atoms with Crippen molar-refractivity contribution in [3.05, 3.63) is 89.5 Å². The van der Waals surface area contributed by atoms with Crippen molar-refractivity contribution in [2.75, 3.05) is 21.1 Å². The van der Waals surface area contributed by atoms with Crippen molar-refractivity contribution in [1.29, 1.82) is 0 Å². The number of carbonyl (C=O) groups is 3. The van der Waals surface area contributed by atoms with Crippen molar-refractivity contribution < 1.29 is 31.2 Å². The third-order valence-corrected chi connectivity index (χ3v) is 37.0. The Hall–Kier alpha value is -3.26. The third kappa shape index (κ3) is 21.6. The molecule has 0 saturated heterocycles. The fraction of sp³-hybridized carbons (Fsp3) is 0.571. The minimum Gasteiger partial charge on any atom is -0.344 e. The van der Waals surface area contributed by atoms with Crippen LogP contribution in [-0.4, -0.2) is 95.1 Å². The molecule has 406 valence electrons. The molecular formula is C49H91ClN8O7S3Si3. The van der Waals surface area contributed by atoms with E-state index < -0.39 is 53.6 Å². The highest BCUT2D eigenvalue weighted by atomic mass is 35.7. The second-order valence-corrected chi connectivity index (χ2v) is 44.4. The molecule has 0 fully saturated rings. The second-order valence-electron chi connectivity index (χ2n) is 22.4. The Morgan fingerprint density at radius 2 is 0.803 bits per heavy atom. The molecule has 0 aromatic heterocycles. The number of carbonyl (C=O) groups excluding carboxylic acids is 3. The van der Waals surface area contributed by atoms with E-state index in [0.717, 1.165) is 16.7 Å². The number of benzene rings is 3. The Morgan fingerprint density at radius 3 is 1.07 bits per heavy atom. The van der Waals surface area contributed by atoms with E-state index in [-0.39, 0.29) is 51.3 Å². The smallest absolute Gasteiger partial charge is 0.234 e. The van der Waals surface area contributed by atoms with E-state index in [1.807, 2.05) is 37.4 Å². The monoisotopic (exact) mass is 1120 g/mol. The van der Waals surface area contributed by atoms with Crippen LogP contribution in [0.5, 0.6) is 0 Å². The molecule has 0 aliphatic rings. The Morgan fingerprint density at radius 1 is 0.535 bits per heavy atom. The quantitative estimate of drug-likeness (QED) is 0.110. The number of amides is 3. The van der Waals surface area contributed by atoms with E-state index in [1.54, 1.807) is 84.4 Å². The first-order valence-corrected chi connectivity index (χ1v) is 37.1. The molecule has 0 saturated carbocycles. The zero-order valence-electron chi connectivity index (χ0n) is 46.0. The molecule has 2 unspecified atom stereocenters. The number of halogens is 1. The normalized spacial score (nSPS) is 13.9. The van der Waals surface area contributed by atoms with Gasteiger partial charge in [-0.1, -0.05) is 119 Å².